The molecule has 3 heterocycles. The third-order valence-corrected chi connectivity index (χ3v) is 5.90. The van der Waals surface area contributed by atoms with Crippen LogP contribution >= 0.6 is 0 Å². The molecule has 6 nitrogen and oxygen atoms in total. The SMILES string of the molecule is O=C(CCc1c[nH]c2ccccc12)N1CCC(Cc2nc(C3CC3)n[nH]2)C1. The standard InChI is InChI=1S/C21H25N5O/c27-20(8-7-16-12-22-18-4-2-1-3-17(16)18)26-10-9-14(13-26)11-19-23-21(25-24-19)15-5-6-15/h1-4,12,14-15,22H,5-11,13H2,(H,23,24,25). The summed E-state index contributed by atoms with van der Waals surface area (Å²) in [4.78, 5) is 22.6. The molecule has 2 N–H and O–H groups in total. The second-order valence-electron chi connectivity index (χ2n) is 7.97. The van der Waals surface area contributed by atoms with Gasteiger partial charge in [-0.3, -0.25) is 9.89 Å². The number of likely N-dealkylation sites (tertiary alicyclic amines) is 1. The van der Waals surface area contributed by atoms with E-state index in [1.165, 1.54) is 23.8 Å². The topological polar surface area (TPSA) is 77.7 Å². The first-order chi connectivity index (χ1) is 13.3. The molecule has 2 fully saturated rings. The highest BCUT2D eigenvalue weighted by Gasteiger charge is 2.30. The second kappa shape index (κ2) is 6.83. The Morgan fingerprint density at radius 3 is 3.00 bits per heavy atom. The molecule has 0 spiro atoms. The van der Waals surface area contributed by atoms with Crippen LogP contribution in [-0.4, -0.2) is 44.1 Å². The number of aromatic nitrogens is 4. The molecule has 27 heavy (non-hydrogen) atoms. The van der Waals surface area contributed by atoms with Gasteiger partial charge < -0.3 is 9.88 Å². The van der Waals surface area contributed by atoms with E-state index in [2.05, 4.69) is 32.3 Å². The summed E-state index contributed by atoms with van der Waals surface area (Å²) in [6.45, 7) is 1.70. The highest BCUT2D eigenvalue weighted by Crippen LogP contribution is 2.37. The molecule has 1 amide bonds. The summed E-state index contributed by atoms with van der Waals surface area (Å²) < 4.78 is 0. The van der Waals surface area contributed by atoms with E-state index in [0.29, 0.717) is 18.3 Å². The predicted molar refractivity (Wildman–Crippen MR) is 103 cm³/mol. The first kappa shape index (κ1) is 16.5. The summed E-state index contributed by atoms with van der Waals surface area (Å²) in [5.41, 5.74) is 2.36. The van der Waals surface area contributed by atoms with E-state index in [1.54, 1.807) is 0 Å². The zero-order chi connectivity index (χ0) is 18.2. The quantitative estimate of drug-likeness (QED) is 0.706. The molecule has 140 valence electrons. The number of hydrogen-bond donors (Lipinski definition) is 2. The Kier molecular flexibility index (Phi) is 4.19. The minimum atomic E-state index is 0.263. The molecular weight excluding hydrogens is 338 g/mol. The number of hydrogen-bond acceptors (Lipinski definition) is 3. The van der Waals surface area contributed by atoms with Crippen LogP contribution in [0, 0.1) is 5.92 Å². The van der Waals surface area contributed by atoms with Crippen molar-refractivity contribution >= 4 is 16.8 Å². The van der Waals surface area contributed by atoms with Gasteiger partial charge in [-0.1, -0.05) is 18.2 Å². The van der Waals surface area contributed by atoms with Gasteiger partial charge in [0.1, 0.15) is 5.82 Å². The Labute approximate surface area is 158 Å². The van der Waals surface area contributed by atoms with Crippen molar-refractivity contribution in [2.75, 3.05) is 13.1 Å². The summed E-state index contributed by atoms with van der Waals surface area (Å²) in [5, 5.41) is 8.65. The van der Waals surface area contributed by atoms with Crippen LogP contribution in [0.5, 0.6) is 0 Å². The number of nitrogens with zero attached hydrogens (tertiary/aromatic N) is 3. The number of carbonyl (C=O) groups excluding carboxylic acids is 1. The maximum atomic E-state index is 12.7. The lowest BCUT2D eigenvalue weighted by Crippen LogP contribution is -2.29. The molecule has 1 aromatic carbocycles. The normalized spacial score (nSPS) is 19.9. The average molecular weight is 363 g/mol. The van der Waals surface area contributed by atoms with Crippen LogP contribution in [0.25, 0.3) is 10.9 Å². The van der Waals surface area contributed by atoms with Crippen LogP contribution in [0.2, 0.25) is 0 Å². The lowest BCUT2D eigenvalue weighted by atomic mass is 10.0. The van der Waals surface area contributed by atoms with Gasteiger partial charge >= 0.3 is 0 Å². The lowest BCUT2D eigenvalue weighted by molar-refractivity contribution is -0.130. The third kappa shape index (κ3) is 3.48. The Balaban J connectivity index is 1.14. The van der Waals surface area contributed by atoms with Crippen molar-refractivity contribution in [1.29, 1.82) is 0 Å². The molecule has 1 saturated carbocycles. The van der Waals surface area contributed by atoms with E-state index in [0.717, 1.165) is 49.5 Å². The van der Waals surface area contributed by atoms with E-state index >= 15 is 0 Å². The van der Waals surface area contributed by atoms with Gasteiger partial charge in [-0.25, -0.2) is 4.98 Å². The van der Waals surface area contributed by atoms with E-state index in [4.69, 9.17) is 0 Å². The molecule has 5 rings (SSSR count). The molecule has 3 aromatic rings. The van der Waals surface area contributed by atoms with Crippen LogP contribution in [0.1, 0.15) is 48.8 Å². The van der Waals surface area contributed by atoms with Crippen LogP contribution in [0.3, 0.4) is 0 Å². The van der Waals surface area contributed by atoms with E-state index in [1.807, 2.05) is 23.2 Å². The average Bonchev–Trinajstić information content (AvgIpc) is 3.09. The van der Waals surface area contributed by atoms with Crippen molar-refractivity contribution in [3.63, 3.8) is 0 Å². The van der Waals surface area contributed by atoms with Gasteiger partial charge in [-0.15, -0.1) is 0 Å². The number of amides is 1. The van der Waals surface area contributed by atoms with Crippen molar-refractivity contribution in [2.24, 2.45) is 5.92 Å². The molecule has 0 radical (unpaired) electrons. The monoisotopic (exact) mass is 363 g/mol. The van der Waals surface area contributed by atoms with Crippen molar-refractivity contribution in [3.05, 3.63) is 47.7 Å². The Morgan fingerprint density at radius 1 is 1.22 bits per heavy atom. The fourth-order valence-electron chi connectivity index (χ4n) is 4.16. The largest absolute Gasteiger partial charge is 0.361 e. The molecular formula is C21H25N5O. The number of benzene rings is 1. The Bertz CT molecular complexity index is 954. The van der Waals surface area contributed by atoms with Crippen molar-refractivity contribution in [2.45, 2.75) is 44.4 Å². The van der Waals surface area contributed by atoms with Crippen molar-refractivity contribution < 1.29 is 4.79 Å². The maximum Gasteiger partial charge on any atom is 0.222 e. The van der Waals surface area contributed by atoms with Gasteiger partial charge in [-0.2, -0.15) is 5.10 Å². The molecule has 0 bridgehead atoms. The molecule has 1 aliphatic heterocycles. The van der Waals surface area contributed by atoms with E-state index in [-0.39, 0.29) is 5.91 Å². The number of aromatic amines is 2. The fourth-order valence-corrected chi connectivity index (χ4v) is 4.16. The highest BCUT2D eigenvalue weighted by molar-refractivity contribution is 5.84. The lowest BCUT2D eigenvalue weighted by Gasteiger charge is -2.16. The van der Waals surface area contributed by atoms with Gasteiger partial charge in [-0.05, 0) is 43.2 Å². The number of carbonyl (C=O) groups is 1. The van der Waals surface area contributed by atoms with Crippen molar-refractivity contribution in [3.8, 4) is 0 Å². The van der Waals surface area contributed by atoms with Gasteiger partial charge in [0.25, 0.3) is 0 Å². The second-order valence-corrected chi connectivity index (χ2v) is 7.97. The van der Waals surface area contributed by atoms with Gasteiger partial charge in [0.2, 0.25) is 5.91 Å². The Morgan fingerprint density at radius 2 is 2.11 bits per heavy atom. The summed E-state index contributed by atoms with van der Waals surface area (Å²) >= 11 is 0. The minimum Gasteiger partial charge on any atom is -0.361 e. The van der Waals surface area contributed by atoms with Gasteiger partial charge in [0, 0.05) is 48.9 Å². The summed E-state index contributed by atoms with van der Waals surface area (Å²) in [6.07, 6.45) is 7.79. The van der Waals surface area contributed by atoms with E-state index in [9.17, 15) is 4.79 Å². The number of aryl methyl sites for hydroxylation is 1. The number of nitrogens with one attached hydrogen (secondary N) is 2. The number of rotatable bonds is 6. The summed E-state index contributed by atoms with van der Waals surface area (Å²) in [7, 11) is 0. The molecule has 1 aliphatic carbocycles. The summed E-state index contributed by atoms with van der Waals surface area (Å²) in [5.74, 6) is 3.30. The number of fused-ring (bicyclic) bond motifs is 1. The first-order valence-corrected chi connectivity index (χ1v) is 10.00. The zero-order valence-corrected chi connectivity index (χ0v) is 15.4. The molecule has 1 unspecified atom stereocenters. The molecule has 6 heteroatoms. The first-order valence-electron chi connectivity index (χ1n) is 10.00. The predicted octanol–water partition coefficient (Wildman–Crippen LogP) is 3.19. The van der Waals surface area contributed by atoms with Crippen LogP contribution in [0.4, 0.5) is 0 Å². The third-order valence-electron chi connectivity index (χ3n) is 5.90. The minimum absolute atomic E-state index is 0.263. The highest BCUT2D eigenvalue weighted by atomic mass is 16.2. The molecule has 1 saturated heterocycles. The zero-order valence-electron chi connectivity index (χ0n) is 15.4. The van der Waals surface area contributed by atoms with Crippen LogP contribution in [0.15, 0.2) is 30.5 Å². The van der Waals surface area contributed by atoms with Crippen LogP contribution in [-0.2, 0) is 17.6 Å². The van der Waals surface area contributed by atoms with Crippen molar-refractivity contribution in [1.82, 2.24) is 25.1 Å². The summed E-state index contributed by atoms with van der Waals surface area (Å²) in [6, 6.07) is 8.26. The van der Waals surface area contributed by atoms with Gasteiger partial charge in [0.15, 0.2) is 5.82 Å². The fraction of sp³-hybridized carbons (Fsp3) is 0.476. The van der Waals surface area contributed by atoms with Crippen LogP contribution < -0.4 is 0 Å². The smallest absolute Gasteiger partial charge is 0.222 e. The Hall–Kier alpha value is -2.63. The maximum absolute atomic E-state index is 12.7. The number of H-pyrrole nitrogens is 2. The van der Waals surface area contributed by atoms with Gasteiger partial charge in [0.05, 0.1) is 0 Å². The molecule has 1 atom stereocenters. The number of para-hydroxylation sites is 1. The molecule has 2 aliphatic rings. The molecule has 2 aromatic heterocycles. The van der Waals surface area contributed by atoms with E-state index < -0.39 is 0 Å².